The molecule has 0 bridgehead atoms. The second-order valence-corrected chi connectivity index (χ2v) is 10.5. The Balaban J connectivity index is 1.41. The number of aliphatic hydroxyl groups excluding tert-OH is 1. The lowest BCUT2D eigenvalue weighted by atomic mass is 9.92. The Labute approximate surface area is 205 Å². The number of benzene rings is 1. The summed E-state index contributed by atoms with van der Waals surface area (Å²) in [6, 6.07) is 6.28. The molecule has 35 heavy (non-hydrogen) atoms. The molecule has 0 spiro atoms. The van der Waals surface area contributed by atoms with Crippen molar-refractivity contribution in [2.75, 3.05) is 38.2 Å². The van der Waals surface area contributed by atoms with Crippen LogP contribution in [0.4, 0.5) is 5.95 Å². The van der Waals surface area contributed by atoms with Crippen LogP contribution < -0.4 is 10.9 Å². The second kappa shape index (κ2) is 9.84. The summed E-state index contributed by atoms with van der Waals surface area (Å²) in [5.41, 5.74) is 1.86. The Bertz CT molecular complexity index is 1260. The highest BCUT2D eigenvalue weighted by Crippen LogP contribution is 2.33. The first-order valence-electron chi connectivity index (χ1n) is 13.2. The molecule has 186 valence electrons. The smallest absolute Gasteiger partial charge is 0.260 e. The lowest BCUT2D eigenvalue weighted by Crippen LogP contribution is -2.35. The fourth-order valence-corrected chi connectivity index (χ4v) is 5.63. The van der Waals surface area contributed by atoms with Crippen LogP contribution in [0.15, 0.2) is 29.2 Å². The summed E-state index contributed by atoms with van der Waals surface area (Å²) in [4.78, 5) is 25.8. The van der Waals surface area contributed by atoms with Crippen LogP contribution in [0.1, 0.15) is 56.6 Å². The molecule has 8 heteroatoms. The van der Waals surface area contributed by atoms with E-state index in [0.29, 0.717) is 24.4 Å². The summed E-state index contributed by atoms with van der Waals surface area (Å²) in [6.45, 7) is 5.00. The Morgan fingerprint density at radius 3 is 2.60 bits per heavy atom. The lowest BCUT2D eigenvalue weighted by Gasteiger charge is -2.28. The van der Waals surface area contributed by atoms with Crippen LogP contribution in [-0.4, -0.2) is 63.5 Å². The number of aliphatic hydroxyl groups is 1. The van der Waals surface area contributed by atoms with Gasteiger partial charge in [0, 0.05) is 49.2 Å². The molecule has 2 aromatic heterocycles. The van der Waals surface area contributed by atoms with Crippen LogP contribution in [0.2, 0.25) is 0 Å². The van der Waals surface area contributed by atoms with E-state index in [1.54, 1.807) is 0 Å². The molecule has 1 aromatic carbocycles. The number of rotatable bonds is 7. The predicted molar refractivity (Wildman–Crippen MR) is 137 cm³/mol. The average Bonchev–Trinajstić information content (AvgIpc) is 3.70. The third kappa shape index (κ3) is 4.92. The summed E-state index contributed by atoms with van der Waals surface area (Å²) < 4.78 is 7.38. The van der Waals surface area contributed by atoms with Crippen molar-refractivity contribution < 1.29 is 9.84 Å². The first kappa shape index (κ1) is 22.9. The monoisotopic (exact) mass is 477 g/mol. The Morgan fingerprint density at radius 1 is 1.03 bits per heavy atom. The number of nitrogens with zero attached hydrogens (tertiary/aromatic N) is 4. The minimum atomic E-state index is -0.275. The van der Waals surface area contributed by atoms with Gasteiger partial charge in [-0.05, 0) is 55.0 Å². The van der Waals surface area contributed by atoms with E-state index in [1.807, 2.05) is 10.8 Å². The minimum absolute atomic E-state index is 0.0142. The van der Waals surface area contributed by atoms with Gasteiger partial charge in [0.15, 0.2) is 0 Å². The maximum atomic E-state index is 14.0. The number of hydrogen-bond donors (Lipinski definition) is 2. The molecule has 3 aromatic rings. The number of fused-ring (bicyclic) bond motifs is 3. The van der Waals surface area contributed by atoms with Gasteiger partial charge in [0.25, 0.3) is 5.56 Å². The summed E-state index contributed by atoms with van der Waals surface area (Å²) in [6.07, 6.45) is 8.38. The van der Waals surface area contributed by atoms with Crippen LogP contribution >= 0.6 is 0 Å². The molecule has 0 amide bonds. The van der Waals surface area contributed by atoms with Gasteiger partial charge in [-0.2, -0.15) is 4.98 Å². The molecule has 0 unspecified atom stereocenters. The molecular formula is C27H35N5O3. The fourth-order valence-electron chi connectivity index (χ4n) is 5.63. The molecule has 0 atom stereocenters. The number of hydrogen-bond acceptors (Lipinski definition) is 7. The van der Waals surface area contributed by atoms with E-state index < -0.39 is 0 Å². The minimum Gasteiger partial charge on any atom is -0.393 e. The molecule has 1 saturated heterocycles. The zero-order valence-electron chi connectivity index (χ0n) is 20.3. The topological polar surface area (TPSA) is 92.5 Å². The molecule has 8 nitrogen and oxygen atoms in total. The maximum Gasteiger partial charge on any atom is 0.260 e. The van der Waals surface area contributed by atoms with Gasteiger partial charge in [0.2, 0.25) is 5.95 Å². The number of aromatic nitrogens is 3. The fraction of sp³-hybridized carbons (Fsp3) is 0.593. The average molecular weight is 478 g/mol. The van der Waals surface area contributed by atoms with Crippen LogP contribution in [0, 0.1) is 5.92 Å². The largest absolute Gasteiger partial charge is 0.393 e. The number of pyridine rings is 1. The van der Waals surface area contributed by atoms with Gasteiger partial charge < -0.3 is 15.2 Å². The van der Waals surface area contributed by atoms with Crippen molar-refractivity contribution in [1.82, 2.24) is 19.4 Å². The molecule has 2 aliphatic carbocycles. The Morgan fingerprint density at radius 2 is 1.83 bits per heavy atom. The number of nitrogens with one attached hydrogen (secondary N) is 1. The van der Waals surface area contributed by atoms with Crippen molar-refractivity contribution in [2.24, 2.45) is 5.92 Å². The third-order valence-electron chi connectivity index (χ3n) is 7.89. The molecule has 6 rings (SSSR count). The van der Waals surface area contributed by atoms with E-state index in [9.17, 15) is 9.90 Å². The molecule has 3 aliphatic rings. The van der Waals surface area contributed by atoms with Gasteiger partial charge in [-0.25, -0.2) is 4.98 Å². The summed E-state index contributed by atoms with van der Waals surface area (Å²) in [5.74, 6) is 1.43. The van der Waals surface area contributed by atoms with Crippen molar-refractivity contribution in [1.29, 1.82) is 0 Å². The van der Waals surface area contributed by atoms with Gasteiger partial charge in [-0.1, -0.05) is 25.0 Å². The van der Waals surface area contributed by atoms with Gasteiger partial charge in [0.05, 0.1) is 19.3 Å². The van der Waals surface area contributed by atoms with E-state index in [4.69, 9.17) is 9.72 Å². The van der Waals surface area contributed by atoms with Crippen molar-refractivity contribution >= 4 is 27.8 Å². The number of morpholine rings is 1. The van der Waals surface area contributed by atoms with E-state index >= 15 is 0 Å². The van der Waals surface area contributed by atoms with Gasteiger partial charge in [-0.15, -0.1) is 0 Å². The molecule has 0 radical (unpaired) electrons. The van der Waals surface area contributed by atoms with Gasteiger partial charge in [0.1, 0.15) is 5.65 Å². The summed E-state index contributed by atoms with van der Waals surface area (Å²) in [7, 11) is 0. The Kier molecular flexibility index (Phi) is 6.43. The van der Waals surface area contributed by atoms with Crippen molar-refractivity contribution in [2.45, 2.75) is 63.6 Å². The molecular weight excluding hydrogens is 442 g/mol. The zero-order valence-corrected chi connectivity index (χ0v) is 20.3. The number of anilines is 1. The zero-order chi connectivity index (χ0) is 23.8. The van der Waals surface area contributed by atoms with Crippen LogP contribution in [0.25, 0.3) is 21.8 Å². The van der Waals surface area contributed by atoms with Crippen molar-refractivity contribution in [3.05, 3.63) is 40.3 Å². The summed E-state index contributed by atoms with van der Waals surface area (Å²) >= 11 is 0. The van der Waals surface area contributed by atoms with E-state index in [1.165, 1.54) is 12.8 Å². The highest BCUT2D eigenvalue weighted by atomic mass is 16.5. The standard InChI is InChI=1S/C27H35N5O3/c33-21-6-4-20(5-7-21)32-25-24(16-29-27(30-25)28-10-9-18-1-2-18)22-8-3-19(15-23(22)26(32)34)17-31-11-13-35-14-12-31/h3,8,15-16,18,20-21,33H,1-2,4-7,9-14,17H2,(H,28,29,30)/t20-,21-. The molecule has 3 heterocycles. The maximum absolute atomic E-state index is 14.0. The summed E-state index contributed by atoms with van der Waals surface area (Å²) in [5, 5.41) is 16.0. The van der Waals surface area contributed by atoms with E-state index in [-0.39, 0.29) is 17.7 Å². The number of ether oxygens (including phenoxy) is 1. The SMILES string of the molecule is O=c1c2cc(CN3CCOCC3)ccc2c2cnc(NCCC3CC3)nc2n1[C@H]1CC[C@H](O)CC1. The highest BCUT2D eigenvalue weighted by Gasteiger charge is 2.26. The van der Waals surface area contributed by atoms with Crippen molar-refractivity contribution in [3.63, 3.8) is 0 Å². The normalized spacial score (nSPS) is 23.7. The third-order valence-corrected chi connectivity index (χ3v) is 7.89. The highest BCUT2D eigenvalue weighted by molar-refractivity contribution is 6.04. The van der Waals surface area contributed by atoms with Gasteiger partial charge in [-0.3, -0.25) is 14.3 Å². The van der Waals surface area contributed by atoms with Crippen LogP contribution in [0.3, 0.4) is 0 Å². The molecule has 2 N–H and O–H groups in total. The second-order valence-electron chi connectivity index (χ2n) is 10.5. The Hall–Kier alpha value is -2.55. The first-order valence-corrected chi connectivity index (χ1v) is 13.2. The first-order chi connectivity index (χ1) is 17.2. The quantitative estimate of drug-likeness (QED) is 0.504. The van der Waals surface area contributed by atoms with Crippen LogP contribution in [-0.2, 0) is 11.3 Å². The predicted octanol–water partition coefficient (Wildman–Crippen LogP) is 3.46. The van der Waals surface area contributed by atoms with Crippen LogP contribution in [0.5, 0.6) is 0 Å². The van der Waals surface area contributed by atoms with E-state index in [2.05, 4.69) is 33.4 Å². The molecule has 2 saturated carbocycles. The lowest BCUT2D eigenvalue weighted by molar-refractivity contribution is 0.0342. The van der Waals surface area contributed by atoms with Gasteiger partial charge >= 0.3 is 0 Å². The van der Waals surface area contributed by atoms with E-state index in [0.717, 1.165) is 86.3 Å². The molecule has 3 fully saturated rings. The molecule has 1 aliphatic heterocycles. The van der Waals surface area contributed by atoms with Crippen molar-refractivity contribution in [3.8, 4) is 0 Å².